The van der Waals surface area contributed by atoms with Gasteiger partial charge in [-0.3, -0.25) is 24.7 Å². The van der Waals surface area contributed by atoms with E-state index in [0.29, 0.717) is 12.2 Å². The standard InChI is InChI=1S/C27H32N6O2/c1-2-9-32-10-5-22(6-11-32)29-27(35)26-24-15-20(3-4-25(24)30-31-26)21-14-19(16-28-17-21)18-33-12-7-23(34)8-13-33/h1,3-4,14-17,22-23,34H,5-13,18H2,(H,29,35)(H,30,31). The molecule has 0 aliphatic carbocycles. The van der Waals surface area contributed by atoms with Crippen LogP contribution in [0.4, 0.5) is 0 Å². The van der Waals surface area contributed by atoms with Crippen molar-refractivity contribution in [3.63, 3.8) is 0 Å². The number of aromatic amines is 1. The molecule has 0 spiro atoms. The number of carbonyl (C=O) groups is 1. The van der Waals surface area contributed by atoms with Crippen molar-refractivity contribution >= 4 is 16.8 Å². The van der Waals surface area contributed by atoms with Crippen LogP contribution in [0.25, 0.3) is 22.0 Å². The van der Waals surface area contributed by atoms with Crippen LogP contribution >= 0.6 is 0 Å². The quantitative estimate of drug-likeness (QED) is 0.477. The summed E-state index contributed by atoms with van der Waals surface area (Å²) in [5.41, 5.74) is 4.40. The highest BCUT2D eigenvalue weighted by Crippen LogP contribution is 2.26. The summed E-state index contributed by atoms with van der Waals surface area (Å²) in [6.45, 7) is 5.05. The summed E-state index contributed by atoms with van der Waals surface area (Å²) >= 11 is 0. The number of pyridine rings is 1. The molecule has 8 nitrogen and oxygen atoms in total. The Morgan fingerprint density at radius 2 is 1.86 bits per heavy atom. The molecule has 0 saturated carbocycles. The van der Waals surface area contributed by atoms with E-state index in [2.05, 4.69) is 42.3 Å². The Balaban J connectivity index is 1.29. The van der Waals surface area contributed by atoms with Gasteiger partial charge in [0.15, 0.2) is 5.69 Å². The monoisotopic (exact) mass is 472 g/mol. The summed E-state index contributed by atoms with van der Waals surface area (Å²) in [5.74, 6) is 2.54. The number of benzene rings is 1. The van der Waals surface area contributed by atoms with Gasteiger partial charge in [-0.05, 0) is 55.0 Å². The number of H-pyrrole nitrogens is 1. The number of piperidine rings is 2. The molecule has 0 unspecified atom stereocenters. The number of nitrogens with zero attached hydrogens (tertiary/aromatic N) is 4. The Morgan fingerprint density at radius 3 is 2.63 bits per heavy atom. The van der Waals surface area contributed by atoms with Crippen LogP contribution < -0.4 is 5.32 Å². The predicted molar refractivity (Wildman–Crippen MR) is 136 cm³/mol. The van der Waals surface area contributed by atoms with E-state index in [-0.39, 0.29) is 18.1 Å². The molecule has 5 rings (SSSR count). The van der Waals surface area contributed by atoms with Crippen molar-refractivity contribution in [1.82, 2.24) is 30.3 Å². The Labute approximate surface area is 205 Å². The zero-order valence-electron chi connectivity index (χ0n) is 19.9. The largest absolute Gasteiger partial charge is 0.393 e. The maximum absolute atomic E-state index is 13.1. The number of hydrogen-bond acceptors (Lipinski definition) is 6. The lowest BCUT2D eigenvalue weighted by Gasteiger charge is -2.30. The van der Waals surface area contributed by atoms with E-state index >= 15 is 0 Å². The summed E-state index contributed by atoms with van der Waals surface area (Å²) in [5, 5.41) is 21.0. The van der Waals surface area contributed by atoms with Crippen molar-refractivity contribution in [1.29, 1.82) is 0 Å². The molecule has 35 heavy (non-hydrogen) atoms. The van der Waals surface area contributed by atoms with Gasteiger partial charge in [-0.2, -0.15) is 5.10 Å². The van der Waals surface area contributed by atoms with Gasteiger partial charge in [0, 0.05) is 62.1 Å². The molecular formula is C27H32N6O2. The molecule has 2 aliphatic rings. The fourth-order valence-corrected chi connectivity index (χ4v) is 5.05. The SMILES string of the molecule is C#CCN1CCC(NC(=O)c2n[nH]c3ccc(-c4cncc(CN5CCC(O)CC5)c4)cc23)CC1. The summed E-state index contributed by atoms with van der Waals surface area (Å²) in [6.07, 6.45) is 12.4. The van der Waals surface area contributed by atoms with Crippen molar-refractivity contribution in [3.05, 3.63) is 47.9 Å². The number of terminal acetylenes is 1. The second-order valence-corrected chi connectivity index (χ2v) is 9.65. The Morgan fingerprint density at radius 1 is 1.09 bits per heavy atom. The third kappa shape index (κ3) is 5.54. The first-order valence-electron chi connectivity index (χ1n) is 12.4. The number of amides is 1. The number of fused-ring (bicyclic) bond motifs is 1. The molecule has 3 N–H and O–H groups in total. The number of rotatable bonds is 6. The molecule has 1 aromatic carbocycles. The summed E-state index contributed by atoms with van der Waals surface area (Å²) in [4.78, 5) is 22.1. The predicted octanol–water partition coefficient (Wildman–Crippen LogP) is 2.41. The highest BCUT2D eigenvalue weighted by atomic mass is 16.3. The number of hydrogen-bond donors (Lipinski definition) is 3. The molecule has 3 aromatic rings. The van der Waals surface area contributed by atoms with Gasteiger partial charge >= 0.3 is 0 Å². The first-order valence-corrected chi connectivity index (χ1v) is 12.4. The van der Waals surface area contributed by atoms with Crippen LogP contribution in [0, 0.1) is 12.3 Å². The van der Waals surface area contributed by atoms with Crippen LogP contribution in [0.2, 0.25) is 0 Å². The Kier molecular flexibility index (Phi) is 7.09. The van der Waals surface area contributed by atoms with E-state index in [0.717, 1.165) is 86.0 Å². The molecule has 4 heterocycles. The minimum atomic E-state index is -0.176. The van der Waals surface area contributed by atoms with Gasteiger partial charge in [0.2, 0.25) is 0 Å². The van der Waals surface area contributed by atoms with Crippen molar-refractivity contribution in [2.75, 3.05) is 32.7 Å². The maximum Gasteiger partial charge on any atom is 0.272 e. The molecule has 1 amide bonds. The first kappa shape index (κ1) is 23.5. The van der Waals surface area contributed by atoms with Gasteiger partial charge < -0.3 is 10.4 Å². The van der Waals surface area contributed by atoms with E-state index in [1.54, 1.807) is 0 Å². The zero-order chi connectivity index (χ0) is 24.2. The number of nitrogens with one attached hydrogen (secondary N) is 2. The van der Waals surface area contributed by atoms with Gasteiger partial charge in [-0.25, -0.2) is 0 Å². The topological polar surface area (TPSA) is 97.4 Å². The molecule has 0 atom stereocenters. The Hall–Kier alpha value is -3.25. The van der Waals surface area contributed by atoms with Crippen LogP contribution in [-0.2, 0) is 6.54 Å². The van der Waals surface area contributed by atoms with Crippen LogP contribution in [0.15, 0.2) is 36.7 Å². The van der Waals surface area contributed by atoms with Gasteiger partial charge in [-0.1, -0.05) is 12.0 Å². The van der Waals surface area contributed by atoms with Gasteiger partial charge in [0.25, 0.3) is 5.91 Å². The van der Waals surface area contributed by atoms with Crippen molar-refractivity contribution in [2.24, 2.45) is 0 Å². The average Bonchev–Trinajstić information content (AvgIpc) is 3.30. The van der Waals surface area contributed by atoms with Gasteiger partial charge in [0.1, 0.15) is 0 Å². The lowest BCUT2D eigenvalue weighted by atomic mass is 10.0. The molecule has 0 bridgehead atoms. The summed E-state index contributed by atoms with van der Waals surface area (Å²) in [6, 6.07) is 8.29. The molecule has 2 fully saturated rings. The number of aromatic nitrogens is 3. The van der Waals surface area contributed by atoms with Crippen molar-refractivity contribution in [2.45, 2.75) is 44.4 Å². The molecule has 182 valence electrons. The summed E-state index contributed by atoms with van der Waals surface area (Å²) in [7, 11) is 0. The van der Waals surface area contributed by atoms with Crippen LogP contribution in [0.5, 0.6) is 0 Å². The number of aliphatic hydroxyl groups excluding tert-OH is 1. The molecule has 8 heteroatoms. The van der Waals surface area contributed by atoms with E-state index in [4.69, 9.17) is 6.42 Å². The average molecular weight is 473 g/mol. The minimum Gasteiger partial charge on any atom is -0.393 e. The maximum atomic E-state index is 13.1. The lowest BCUT2D eigenvalue weighted by Crippen LogP contribution is -2.44. The highest BCUT2D eigenvalue weighted by molar-refractivity contribution is 6.05. The fraction of sp³-hybridized carbons (Fsp3) is 0.444. The molecular weight excluding hydrogens is 440 g/mol. The third-order valence-electron chi connectivity index (χ3n) is 7.11. The minimum absolute atomic E-state index is 0.128. The summed E-state index contributed by atoms with van der Waals surface area (Å²) < 4.78 is 0. The first-order chi connectivity index (χ1) is 17.1. The van der Waals surface area contributed by atoms with Crippen molar-refractivity contribution in [3.8, 4) is 23.5 Å². The van der Waals surface area contributed by atoms with E-state index in [1.807, 2.05) is 30.6 Å². The molecule has 2 aliphatic heterocycles. The smallest absolute Gasteiger partial charge is 0.272 e. The van der Waals surface area contributed by atoms with E-state index in [9.17, 15) is 9.90 Å². The third-order valence-corrected chi connectivity index (χ3v) is 7.11. The van der Waals surface area contributed by atoms with E-state index < -0.39 is 0 Å². The van der Waals surface area contributed by atoms with Crippen molar-refractivity contribution < 1.29 is 9.90 Å². The Bertz CT molecular complexity index is 1220. The van der Waals surface area contributed by atoms with Crippen LogP contribution in [0.1, 0.15) is 41.7 Å². The number of likely N-dealkylation sites (tertiary alicyclic amines) is 2. The van der Waals surface area contributed by atoms with Crippen LogP contribution in [0.3, 0.4) is 0 Å². The lowest BCUT2D eigenvalue weighted by molar-refractivity contribution is 0.0792. The van der Waals surface area contributed by atoms with Crippen LogP contribution in [-0.4, -0.2) is 80.9 Å². The number of aliphatic hydroxyl groups is 1. The molecule has 2 saturated heterocycles. The second-order valence-electron chi connectivity index (χ2n) is 9.65. The number of carbonyl (C=O) groups excluding carboxylic acids is 1. The zero-order valence-corrected chi connectivity index (χ0v) is 19.9. The van der Waals surface area contributed by atoms with Gasteiger partial charge in [0.05, 0.1) is 18.2 Å². The van der Waals surface area contributed by atoms with E-state index in [1.165, 1.54) is 0 Å². The molecule has 0 radical (unpaired) electrons. The molecule has 2 aromatic heterocycles. The fourth-order valence-electron chi connectivity index (χ4n) is 5.05. The second kappa shape index (κ2) is 10.6. The van der Waals surface area contributed by atoms with Gasteiger partial charge in [-0.15, -0.1) is 6.42 Å². The normalized spacial score (nSPS) is 18.5. The highest BCUT2D eigenvalue weighted by Gasteiger charge is 2.23.